The van der Waals surface area contributed by atoms with Gasteiger partial charge in [0.1, 0.15) is 5.75 Å². The van der Waals surface area contributed by atoms with Gasteiger partial charge in [0.15, 0.2) is 0 Å². The van der Waals surface area contributed by atoms with Gasteiger partial charge in [-0.2, -0.15) is 0 Å². The molecule has 0 radical (unpaired) electrons. The van der Waals surface area contributed by atoms with E-state index in [0.29, 0.717) is 18.0 Å². The van der Waals surface area contributed by atoms with Crippen LogP contribution in [-0.4, -0.2) is 6.61 Å². The van der Waals surface area contributed by atoms with Crippen LogP contribution in [0.2, 0.25) is 5.02 Å². The van der Waals surface area contributed by atoms with Crippen molar-refractivity contribution >= 4 is 38.7 Å². The molecule has 1 heterocycles. The predicted molar refractivity (Wildman–Crippen MR) is 62.4 cm³/mol. The van der Waals surface area contributed by atoms with E-state index in [1.54, 1.807) is 11.3 Å². The van der Waals surface area contributed by atoms with Gasteiger partial charge >= 0.3 is 0 Å². The van der Waals surface area contributed by atoms with E-state index in [4.69, 9.17) is 22.1 Å². The third-order valence-electron chi connectivity index (χ3n) is 1.96. The van der Waals surface area contributed by atoms with Gasteiger partial charge in [0.05, 0.1) is 17.3 Å². The second kappa shape index (κ2) is 3.67. The first-order chi connectivity index (χ1) is 6.72. The Morgan fingerprint density at radius 3 is 3.00 bits per heavy atom. The van der Waals surface area contributed by atoms with Gasteiger partial charge in [0.2, 0.25) is 0 Å². The molecule has 0 atom stereocenters. The number of anilines is 1. The van der Waals surface area contributed by atoms with E-state index in [1.807, 2.05) is 24.4 Å². The summed E-state index contributed by atoms with van der Waals surface area (Å²) in [7, 11) is 0. The first-order valence-electron chi connectivity index (χ1n) is 4.31. The first kappa shape index (κ1) is 9.62. The summed E-state index contributed by atoms with van der Waals surface area (Å²) >= 11 is 7.60. The fraction of sp³-hybridized carbons (Fsp3) is 0.200. The van der Waals surface area contributed by atoms with Crippen LogP contribution < -0.4 is 10.5 Å². The van der Waals surface area contributed by atoms with Gasteiger partial charge in [-0.3, -0.25) is 0 Å². The molecule has 2 nitrogen and oxygen atoms in total. The minimum absolute atomic E-state index is 0.609. The van der Waals surface area contributed by atoms with Crippen LogP contribution in [0.15, 0.2) is 17.5 Å². The molecule has 4 heteroatoms. The number of benzene rings is 1. The standard InChI is InChI=1S/C10H10ClNOS/c1-2-13-9-3-6-7(11)5-14-10(6)4-8(9)12/h3-5H,2,12H2,1H3. The minimum Gasteiger partial charge on any atom is -0.492 e. The molecule has 2 N–H and O–H groups in total. The van der Waals surface area contributed by atoms with E-state index >= 15 is 0 Å². The number of thiophene rings is 1. The fourth-order valence-corrected chi connectivity index (χ4v) is 2.51. The van der Waals surface area contributed by atoms with Gasteiger partial charge < -0.3 is 10.5 Å². The predicted octanol–water partition coefficient (Wildman–Crippen LogP) is 3.54. The number of rotatable bonds is 2. The molecule has 0 saturated carbocycles. The lowest BCUT2D eigenvalue weighted by Crippen LogP contribution is -1.96. The van der Waals surface area contributed by atoms with Crippen molar-refractivity contribution in [3.8, 4) is 5.75 Å². The normalized spacial score (nSPS) is 10.7. The number of hydrogen-bond donors (Lipinski definition) is 1. The molecular formula is C10H10ClNOS. The third kappa shape index (κ3) is 1.53. The molecule has 0 spiro atoms. The second-order valence-corrected chi connectivity index (χ2v) is 4.22. The highest BCUT2D eigenvalue weighted by Crippen LogP contribution is 2.36. The molecule has 0 aliphatic carbocycles. The molecule has 74 valence electrons. The molecule has 0 aliphatic heterocycles. The smallest absolute Gasteiger partial charge is 0.142 e. The Balaban J connectivity index is 2.61. The summed E-state index contributed by atoms with van der Waals surface area (Å²) in [6.45, 7) is 2.54. The Labute approximate surface area is 91.2 Å². The maximum atomic E-state index is 6.01. The van der Waals surface area contributed by atoms with Crippen molar-refractivity contribution in [1.29, 1.82) is 0 Å². The zero-order chi connectivity index (χ0) is 10.1. The zero-order valence-corrected chi connectivity index (χ0v) is 9.28. The molecular weight excluding hydrogens is 218 g/mol. The van der Waals surface area contributed by atoms with Crippen molar-refractivity contribution in [3.63, 3.8) is 0 Å². The van der Waals surface area contributed by atoms with Crippen LogP contribution in [0.25, 0.3) is 10.1 Å². The highest BCUT2D eigenvalue weighted by atomic mass is 35.5. The molecule has 2 rings (SSSR count). The molecule has 0 fully saturated rings. The highest BCUT2D eigenvalue weighted by Gasteiger charge is 2.07. The topological polar surface area (TPSA) is 35.2 Å². The summed E-state index contributed by atoms with van der Waals surface area (Å²) in [6, 6.07) is 3.80. The molecule has 0 saturated heterocycles. The molecule has 0 bridgehead atoms. The Hall–Kier alpha value is -0.930. The molecule has 1 aromatic carbocycles. The van der Waals surface area contributed by atoms with Crippen molar-refractivity contribution in [3.05, 3.63) is 22.5 Å². The first-order valence-corrected chi connectivity index (χ1v) is 5.57. The number of hydrogen-bond acceptors (Lipinski definition) is 3. The maximum absolute atomic E-state index is 6.01. The largest absolute Gasteiger partial charge is 0.492 e. The fourth-order valence-electron chi connectivity index (χ4n) is 1.32. The molecule has 2 aromatic rings. The van der Waals surface area contributed by atoms with Crippen LogP contribution in [0.1, 0.15) is 6.92 Å². The molecule has 0 unspecified atom stereocenters. The van der Waals surface area contributed by atoms with E-state index in [1.165, 1.54) is 0 Å². The van der Waals surface area contributed by atoms with Gasteiger partial charge in [-0.15, -0.1) is 11.3 Å². The molecule has 0 aliphatic rings. The Bertz CT molecular complexity index is 466. The average molecular weight is 228 g/mol. The van der Waals surface area contributed by atoms with Gasteiger partial charge in [-0.05, 0) is 19.1 Å². The Morgan fingerprint density at radius 2 is 2.29 bits per heavy atom. The van der Waals surface area contributed by atoms with Crippen molar-refractivity contribution in [2.24, 2.45) is 0 Å². The third-order valence-corrected chi connectivity index (χ3v) is 3.35. The Morgan fingerprint density at radius 1 is 1.50 bits per heavy atom. The second-order valence-electron chi connectivity index (χ2n) is 2.90. The van der Waals surface area contributed by atoms with Gasteiger partial charge in [-0.1, -0.05) is 11.6 Å². The van der Waals surface area contributed by atoms with E-state index in [-0.39, 0.29) is 0 Å². The van der Waals surface area contributed by atoms with E-state index < -0.39 is 0 Å². The van der Waals surface area contributed by atoms with Crippen molar-refractivity contribution in [2.45, 2.75) is 6.92 Å². The summed E-state index contributed by atoms with van der Waals surface area (Å²) in [4.78, 5) is 0. The van der Waals surface area contributed by atoms with Crippen LogP contribution in [0, 0.1) is 0 Å². The van der Waals surface area contributed by atoms with Crippen LogP contribution >= 0.6 is 22.9 Å². The van der Waals surface area contributed by atoms with E-state index in [0.717, 1.165) is 15.1 Å². The van der Waals surface area contributed by atoms with E-state index in [2.05, 4.69) is 0 Å². The van der Waals surface area contributed by atoms with Crippen LogP contribution in [0.3, 0.4) is 0 Å². The SMILES string of the molecule is CCOc1cc2c(Cl)csc2cc1N. The van der Waals surface area contributed by atoms with Crippen molar-refractivity contribution in [2.75, 3.05) is 12.3 Å². The minimum atomic E-state index is 0.609. The lowest BCUT2D eigenvalue weighted by atomic mass is 10.2. The molecule has 1 aromatic heterocycles. The van der Waals surface area contributed by atoms with Crippen molar-refractivity contribution < 1.29 is 4.74 Å². The Kier molecular flexibility index (Phi) is 2.52. The summed E-state index contributed by atoms with van der Waals surface area (Å²) < 4.78 is 6.48. The zero-order valence-electron chi connectivity index (χ0n) is 7.71. The summed E-state index contributed by atoms with van der Waals surface area (Å²) in [5.74, 6) is 0.709. The lowest BCUT2D eigenvalue weighted by molar-refractivity contribution is 0.342. The monoisotopic (exact) mass is 227 g/mol. The quantitative estimate of drug-likeness (QED) is 0.797. The maximum Gasteiger partial charge on any atom is 0.142 e. The van der Waals surface area contributed by atoms with Gasteiger partial charge in [0, 0.05) is 15.5 Å². The number of nitrogen functional groups attached to an aromatic ring is 1. The molecule has 14 heavy (non-hydrogen) atoms. The molecule has 0 amide bonds. The van der Waals surface area contributed by atoms with E-state index in [9.17, 15) is 0 Å². The summed E-state index contributed by atoms with van der Waals surface area (Å²) in [5, 5.41) is 3.67. The number of ether oxygens (including phenoxy) is 1. The average Bonchev–Trinajstić information content (AvgIpc) is 2.49. The van der Waals surface area contributed by atoms with Crippen LogP contribution in [0.5, 0.6) is 5.75 Å². The summed E-state index contributed by atoms with van der Waals surface area (Å²) in [6.07, 6.45) is 0. The number of halogens is 1. The van der Waals surface area contributed by atoms with Crippen molar-refractivity contribution in [1.82, 2.24) is 0 Å². The number of fused-ring (bicyclic) bond motifs is 1. The van der Waals surface area contributed by atoms with Crippen LogP contribution in [-0.2, 0) is 0 Å². The summed E-state index contributed by atoms with van der Waals surface area (Å²) in [5.41, 5.74) is 6.49. The number of nitrogens with two attached hydrogens (primary N) is 1. The lowest BCUT2D eigenvalue weighted by Gasteiger charge is -2.06. The highest BCUT2D eigenvalue weighted by molar-refractivity contribution is 7.17. The van der Waals surface area contributed by atoms with Gasteiger partial charge in [-0.25, -0.2) is 0 Å². The van der Waals surface area contributed by atoms with Crippen LogP contribution in [0.4, 0.5) is 5.69 Å². The van der Waals surface area contributed by atoms with Gasteiger partial charge in [0.25, 0.3) is 0 Å².